The van der Waals surface area contributed by atoms with Crippen LogP contribution in [-0.4, -0.2) is 22.3 Å². The highest BCUT2D eigenvalue weighted by Crippen LogP contribution is 2.21. The Kier molecular flexibility index (Phi) is 5.83. The summed E-state index contributed by atoms with van der Waals surface area (Å²) in [5.41, 5.74) is 7.63. The highest BCUT2D eigenvalue weighted by atomic mass is 16.5. The summed E-state index contributed by atoms with van der Waals surface area (Å²) < 4.78 is 7.57. The third kappa shape index (κ3) is 4.42. The molecule has 5 heteroatoms. The van der Waals surface area contributed by atoms with E-state index in [-0.39, 0.29) is 12.5 Å². The molecule has 1 N–H and O–H groups in total. The van der Waals surface area contributed by atoms with Gasteiger partial charge in [-0.2, -0.15) is 5.10 Å². The Morgan fingerprint density at radius 2 is 1.79 bits per heavy atom. The molecule has 146 valence electrons. The van der Waals surface area contributed by atoms with E-state index in [0.717, 1.165) is 34.7 Å². The summed E-state index contributed by atoms with van der Waals surface area (Å²) in [4.78, 5) is 12.2. The quantitative estimate of drug-likeness (QED) is 0.698. The van der Waals surface area contributed by atoms with Crippen LogP contribution >= 0.6 is 0 Å². The van der Waals surface area contributed by atoms with Gasteiger partial charge in [-0.1, -0.05) is 24.3 Å². The molecule has 3 rings (SSSR count). The van der Waals surface area contributed by atoms with Gasteiger partial charge in [-0.15, -0.1) is 0 Å². The maximum atomic E-state index is 12.2. The molecule has 0 unspecified atom stereocenters. The second kappa shape index (κ2) is 8.30. The van der Waals surface area contributed by atoms with Gasteiger partial charge in [0.05, 0.1) is 5.69 Å². The van der Waals surface area contributed by atoms with Crippen LogP contribution in [0.25, 0.3) is 0 Å². The number of rotatable bonds is 6. The first-order chi connectivity index (χ1) is 13.3. The number of nitrogens with one attached hydrogen (secondary N) is 1. The highest BCUT2D eigenvalue weighted by Gasteiger charge is 2.10. The van der Waals surface area contributed by atoms with Crippen molar-refractivity contribution in [1.82, 2.24) is 9.78 Å². The molecule has 0 aliphatic rings. The van der Waals surface area contributed by atoms with Gasteiger partial charge in [0.1, 0.15) is 5.75 Å². The minimum Gasteiger partial charge on any atom is -0.483 e. The Morgan fingerprint density at radius 1 is 1.07 bits per heavy atom. The number of nitrogens with zero attached hydrogens (tertiary/aromatic N) is 2. The van der Waals surface area contributed by atoms with Gasteiger partial charge in [-0.3, -0.25) is 9.48 Å². The lowest BCUT2D eigenvalue weighted by Crippen LogP contribution is -2.20. The van der Waals surface area contributed by atoms with Gasteiger partial charge in [-0.05, 0) is 62.6 Å². The molecule has 0 saturated heterocycles. The van der Waals surface area contributed by atoms with Crippen molar-refractivity contribution in [2.75, 3.05) is 11.9 Å². The number of hydrogen-bond donors (Lipinski definition) is 1. The Labute approximate surface area is 166 Å². The predicted octanol–water partition coefficient (Wildman–Crippen LogP) is 4.26. The molecule has 0 spiro atoms. The smallest absolute Gasteiger partial charge is 0.262 e. The fourth-order valence-corrected chi connectivity index (χ4v) is 3.20. The number of ether oxygens (including phenoxy) is 1. The van der Waals surface area contributed by atoms with Crippen LogP contribution in [-0.2, 0) is 18.3 Å². The highest BCUT2D eigenvalue weighted by molar-refractivity contribution is 5.91. The number of amides is 1. The fourth-order valence-electron chi connectivity index (χ4n) is 3.20. The third-order valence-electron chi connectivity index (χ3n) is 5.19. The number of benzene rings is 2. The maximum Gasteiger partial charge on any atom is 0.262 e. The van der Waals surface area contributed by atoms with Crippen molar-refractivity contribution in [3.63, 3.8) is 0 Å². The van der Waals surface area contributed by atoms with Crippen LogP contribution in [0.15, 0.2) is 42.5 Å². The molecular formula is C23H27N3O2. The van der Waals surface area contributed by atoms with E-state index in [9.17, 15) is 4.79 Å². The second-order valence-corrected chi connectivity index (χ2v) is 7.18. The standard InChI is InChI=1S/C23H27N3O2/c1-15-7-6-8-22(16(15)2)28-14-23(27)24-20-11-9-19(10-12-20)13-21-17(3)25-26(5)18(21)4/h6-12H,13-14H2,1-5H3,(H,24,27). The van der Waals surface area contributed by atoms with Crippen LogP contribution < -0.4 is 10.1 Å². The summed E-state index contributed by atoms with van der Waals surface area (Å²) in [5.74, 6) is 0.570. The number of aromatic nitrogens is 2. The molecule has 0 saturated carbocycles. The van der Waals surface area contributed by atoms with Crippen LogP contribution in [0.3, 0.4) is 0 Å². The van der Waals surface area contributed by atoms with Gasteiger partial charge >= 0.3 is 0 Å². The van der Waals surface area contributed by atoms with Gasteiger partial charge in [0.25, 0.3) is 5.91 Å². The Hall–Kier alpha value is -3.08. The van der Waals surface area contributed by atoms with E-state index in [2.05, 4.69) is 17.3 Å². The molecule has 1 amide bonds. The van der Waals surface area contributed by atoms with Gasteiger partial charge in [0.15, 0.2) is 6.61 Å². The number of carbonyl (C=O) groups excluding carboxylic acids is 1. The number of aryl methyl sites for hydroxylation is 3. The molecule has 2 aromatic carbocycles. The first kappa shape index (κ1) is 19.7. The molecule has 0 fully saturated rings. The second-order valence-electron chi connectivity index (χ2n) is 7.18. The van der Waals surface area contributed by atoms with E-state index in [1.807, 2.05) is 75.0 Å². The zero-order chi connectivity index (χ0) is 20.3. The zero-order valence-electron chi connectivity index (χ0n) is 17.2. The molecule has 28 heavy (non-hydrogen) atoms. The van der Waals surface area contributed by atoms with Crippen molar-refractivity contribution in [2.24, 2.45) is 7.05 Å². The average molecular weight is 377 g/mol. The lowest BCUT2D eigenvalue weighted by molar-refractivity contribution is -0.118. The normalized spacial score (nSPS) is 10.8. The van der Waals surface area contributed by atoms with E-state index in [0.29, 0.717) is 0 Å². The Bertz CT molecular complexity index is 988. The minimum absolute atomic E-state index is 0.0138. The molecule has 1 heterocycles. The van der Waals surface area contributed by atoms with E-state index in [1.54, 1.807) is 0 Å². The minimum atomic E-state index is -0.174. The Balaban J connectivity index is 1.58. The summed E-state index contributed by atoms with van der Waals surface area (Å²) in [6.07, 6.45) is 0.829. The van der Waals surface area contributed by atoms with Crippen molar-refractivity contribution in [3.8, 4) is 5.75 Å². The molecule has 1 aromatic heterocycles. The van der Waals surface area contributed by atoms with Gasteiger partial charge < -0.3 is 10.1 Å². The average Bonchev–Trinajstić information content (AvgIpc) is 2.90. The molecular weight excluding hydrogens is 350 g/mol. The number of carbonyl (C=O) groups is 1. The molecule has 0 aliphatic heterocycles. The summed E-state index contributed by atoms with van der Waals surface area (Å²) in [5, 5.41) is 7.35. The maximum absolute atomic E-state index is 12.2. The van der Waals surface area contributed by atoms with Crippen molar-refractivity contribution in [2.45, 2.75) is 34.1 Å². The predicted molar refractivity (Wildman–Crippen MR) is 112 cm³/mol. The van der Waals surface area contributed by atoms with Gasteiger partial charge in [0, 0.05) is 30.4 Å². The van der Waals surface area contributed by atoms with E-state index >= 15 is 0 Å². The van der Waals surface area contributed by atoms with Crippen molar-refractivity contribution in [3.05, 3.63) is 76.1 Å². The van der Waals surface area contributed by atoms with Crippen molar-refractivity contribution < 1.29 is 9.53 Å². The van der Waals surface area contributed by atoms with Crippen molar-refractivity contribution in [1.29, 1.82) is 0 Å². The van der Waals surface area contributed by atoms with Crippen LogP contribution in [0.4, 0.5) is 5.69 Å². The SMILES string of the molecule is Cc1cccc(OCC(=O)Nc2ccc(Cc3c(C)nn(C)c3C)cc2)c1C. The van der Waals surface area contributed by atoms with Crippen LogP contribution in [0.1, 0.15) is 33.6 Å². The van der Waals surface area contributed by atoms with Crippen molar-refractivity contribution >= 4 is 11.6 Å². The summed E-state index contributed by atoms with van der Waals surface area (Å²) in [7, 11) is 1.96. The topological polar surface area (TPSA) is 56.1 Å². The summed E-state index contributed by atoms with van der Waals surface area (Å²) in [6.45, 7) is 8.12. The van der Waals surface area contributed by atoms with Gasteiger partial charge in [-0.25, -0.2) is 0 Å². The van der Waals surface area contributed by atoms with Crippen LogP contribution in [0.2, 0.25) is 0 Å². The summed E-state index contributed by atoms with van der Waals surface area (Å²) >= 11 is 0. The number of anilines is 1. The van der Waals surface area contributed by atoms with E-state index in [4.69, 9.17) is 4.74 Å². The fraction of sp³-hybridized carbons (Fsp3) is 0.304. The van der Waals surface area contributed by atoms with Crippen LogP contribution in [0, 0.1) is 27.7 Å². The molecule has 5 nitrogen and oxygen atoms in total. The first-order valence-corrected chi connectivity index (χ1v) is 9.42. The largest absolute Gasteiger partial charge is 0.483 e. The zero-order valence-corrected chi connectivity index (χ0v) is 17.2. The number of hydrogen-bond acceptors (Lipinski definition) is 3. The van der Waals surface area contributed by atoms with E-state index < -0.39 is 0 Å². The Morgan fingerprint density at radius 3 is 2.43 bits per heavy atom. The molecule has 0 radical (unpaired) electrons. The first-order valence-electron chi connectivity index (χ1n) is 9.42. The molecule has 0 atom stereocenters. The monoisotopic (exact) mass is 377 g/mol. The van der Waals surface area contributed by atoms with Gasteiger partial charge in [0.2, 0.25) is 0 Å². The lowest BCUT2D eigenvalue weighted by atomic mass is 10.0. The lowest BCUT2D eigenvalue weighted by Gasteiger charge is -2.11. The van der Waals surface area contributed by atoms with E-state index in [1.165, 1.54) is 16.8 Å². The molecule has 0 aliphatic carbocycles. The summed E-state index contributed by atoms with van der Waals surface area (Å²) in [6, 6.07) is 13.8. The van der Waals surface area contributed by atoms with Crippen LogP contribution in [0.5, 0.6) is 5.75 Å². The molecule has 0 bridgehead atoms. The third-order valence-corrected chi connectivity index (χ3v) is 5.19. The molecule has 3 aromatic rings.